The van der Waals surface area contributed by atoms with Gasteiger partial charge in [0.2, 0.25) is 5.60 Å². The highest BCUT2D eigenvalue weighted by atomic mass is 35.5. The molecule has 1 unspecified atom stereocenters. The van der Waals surface area contributed by atoms with Gasteiger partial charge in [-0.1, -0.05) is 11.6 Å². The number of rotatable bonds is 1. The molecule has 1 aromatic rings. The van der Waals surface area contributed by atoms with E-state index in [2.05, 4.69) is 9.72 Å². The Hall–Kier alpha value is -1.05. The summed E-state index contributed by atoms with van der Waals surface area (Å²) >= 11 is 5.94. The number of fused-ring (bicyclic) bond motifs is 1. The van der Waals surface area contributed by atoms with Gasteiger partial charge in [0.1, 0.15) is 0 Å². The summed E-state index contributed by atoms with van der Waals surface area (Å²) in [6.07, 6.45) is -4.06. The van der Waals surface area contributed by atoms with Crippen molar-refractivity contribution in [1.29, 1.82) is 0 Å². The molecule has 3 heterocycles. The predicted molar refractivity (Wildman–Crippen MR) is 64.6 cm³/mol. The third kappa shape index (κ3) is 1.88. The zero-order chi connectivity index (χ0) is 14.8. The maximum absolute atomic E-state index is 13.1. The van der Waals surface area contributed by atoms with Gasteiger partial charge in [0.05, 0.1) is 18.9 Å². The molecule has 0 amide bonds. The molecular weight excluding hydrogens is 297 g/mol. The monoisotopic (exact) mass is 308 g/mol. The van der Waals surface area contributed by atoms with Crippen LogP contribution in [0.2, 0.25) is 5.15 Å². The molecule has 1 saturated heterocycles. The number of halogens is 4. The van der Waals surface area contributed by atoms with Gasteiger partial charge in [-0.2, -0.15) is 13.2 Å². The number of nitrogens with two attached hydrogens (primary N) is 1. The molecule has 2 N–H and O–H groups in total. The van der Waals surface area contributed by atoms with Crippen LogP contribution in [0.4, 0.5) is 13.2 Å². The number of aromatic nitrogens is 1. The Balaban J connectivity index is 2.15. The van der Waals surface area contributed by atoms with Crippen LogP contribution in [0, 0.1) is 0 Å². The minimum absolute atomic E-state index is 0.118. The minimum atomic E-state index is -4.54. The van der Waals surface area contributed by atoms with Gasteiger partial charge in [-0.15, -0.1) is 0 Å². The van der Waals surface area contributed by atoms with Crippen LogP contribution in [-0.2, 0) is 15.9 Å². The lowest BCUT2D eigenvalue weighted by molar-refractivity contribution is -0.188. The summed E-state index contributed by atoms with van der Waals surface area (Å²) in [5.41, 5.74) is 3.10. The summed E-state index contributed by atoms with van der Waals surface area (Å²) in [4.78, 5) is 3.79. The number of nitrogens with zero attached hydrogens (tertiary/aromatic N) is 1. The maximum Gasteiger partial charge on any atom is 0.425 e. The normalized spacial score (nSPS) is 32.5. The molecule has 1 aromatic heterocycles. The highest BCUT2D eigenvalue weighted by molar-refractivity contribution is 6.31. The fourth-order valence-electron chi connectivity index (χ4n) is 2.30. The van der Waals surface area contributed by atoms with E-state index in [1.807, 2.05) is 0 Å². The van der Waals surface area contributed by atoms with Crippen LogP contribution in [-0.4, -0.2) is 24.4 Å². The van der Waals surface area contributed by atoms with Gasteiger partial charge in [-0.3, -0.25) is 0 Å². The first-order chi connectivity index (χ1) is 9.17. The standard InChI is InChI=1S/C12H12ClF3N2O2/c1-10(17)2-3-19-8-6(10)4-7(18-9(8)13)11(5-20-11)12(14,15)16/h4H,2-3,5,17H2,1H3/t10-,11?/m0/s1. The van der Waals surface area contributed by atoms with E-state index < -0.39 is 23.9 Å². The van der Waals surface area contributed by atoms with E-state index in [1.165, 1.54) is 6.07 Å². The number of hydrogen-bond acceptors (Lipinski definition) is 4. The molecule has 0 radical (unpaired) electrons. The molecule has 2 aliphatic heterocycles. The average molecular weight is 309 g/mol. The van der Waals surface area contributed by atoms with Gasteiger partial charge in [-0.25, -0.2) is 4.98 Å². The molecule has 0 spiro atoms. The molecule has 0 saturated carbocycles. The van der Waals surface area contributed by atoms with Crippen molar-refractivity contribution in [3.8, 4) is 5.75 Å². The second-order valence-corrected chi connectivity index (χ2v) is 5.66. The summed E-state index contributed by atoms with van der Waals surface area (Å²) in [5.74, 6) is 0.254. The maximum atomic E-state index is 13.1. The fraction of sp³-hybridized carbons (Fsp3) is 0.583. The number of alkyl halides is 3. The van der Waals surface area contributed by atoms with E-state index in [4.69, 9.17) is 22.1 Å². The smallest absolute Gasteiger partial charge is 0.425 e. The first-order valence-electron chi connectivity index (χ1n) is 6.01. The molecule has 0 aliphatic carbocycles. The van der Waals surface area contributed by atoms with Crippen LogP contribution in [0.25, 0.3) is 0 Å². The Morgan fingerprint density at radius 2 is 2.10 bits per heavy atom. The van der Waals surface area contributed by atoms with Crippen molar-refractivity contribution in [2.24, 2.45) is 5.73 Å². The van der Waals surface area contributed by atoms with Crippen molar-refractivity contribution in [3.05, 3.63) is 22.5 Å². The summed E-state index contributed by atoms with van der Waals surface area (Å²) in [5, 5.41) is -0.118. The molecule has 0 aromatic carbocycles. The topological polar surface area (TPSA) is 60.7 Å². The van der Waals surface area contributed by atoms with Gasteiger partial charge in [0, 0.05) is 17.5 Å². The molecule has 8 heteroatoms. The molecule has 4 nitrogen and oxygen atoms in total. The van der Waals surface area contributed by atoms with Gasteiger partial charge < -0.3 is 15.2 Å². The Labute approximate surface area is 118 Å². The van der Waals surface area contributed by atoms with Crippen LogP contribution in [0.15, 0.2) is 6.07 Å². The Morgan fingerprint density at radius 1 is 1.45 bits per heavy atom. The number of ether oxygens (including phenoxy) is 2. The lowest BCUT2D eigenvalue weighted by Crippen LogP contribution is -2.39. The van der Waals surface area contributed by atoms with E-state index in [0.29, 0.717) is 18.6 Å². The van der Waals surface area contributed by atoms with E-state index in [0.717, 1.165) is 0 Å². The van der Waals surface area contributed by atoms with Crippen molar-refractivity contribution in [2.45, 2.75) is 30.7 Å². The van der Waals surface area contributed by atoms with Gasteiger partial charge in [-0.05, 0) is 13.0 Å². The van der Waals surface area contributed by atoms with Crippen molar-refractivity contribution >= 4 is 11.6 Å². The Kier molecular flexibility index (Phi) is 2.78. The summed E-state index contributed by atoms with van der Waals surface area (Å²) in [6.45, 7) is 1.62. The van der Waals surface area contributed by atoms with Crippen molar-refractivity contribution < 1.29 is 22.6 Å². The predicted octanol–water partition coefficient (Wildman–Crippen LogP) is 2.48. The molecule has 2 aliphatic rings. The Bertz CT molecular complexity index is 571. The number of pyridine rings is 1. The van der Waals surface area contributed by atoms with E-state index in [1.54, 1.807) is 6.92 Å². The van der Waals surface area contributed by atoms with E-state index in [-0.39, 0.29) is 16.6 Å². The summed E-state index contributed by atoms with van der Waals surface area (Å²) < 4.78 is 49.2. The summed E-state index contributed by atoms with van der Waals surface area (Å²) in [7, 11) is 0. The second kappa shape index (κ2) is 3.99. The molecule has 0 bridgehead atoms. The number of hydrogen-bond donors (Lipinski definition) is 1. The van der Waals surface area contributed by atoms with Crippen LogP contribution in [0.5, 0.6) is 5.75 Å². The van der Waals surface area contributed by atoms with Gasteiger partial charge >= 0.3 is 6.18 Å². The van der Waals surface area contributed by atoms with Crippen molar-refractivity contribution in [1.82, 2.24) is 4.98 Å². The molecule has 3 rings (SSSR count). The first kappa shape index (κ1) is 13.9. The van der Waals surface area contributed by atoms with Crippen LogP contribution >= 0.6 is 11.6 Å². The molecule has 1 fully saturated rings. The van der Waals surface area contributed by atoms with Gasteiger partial charge in [0.15, 0.2) is 10.9 Å². The number of epoxide rings is 1. The van der Waals surface area contributed by atoms with Crippen LogP contribution in [0.3, 0.4) is 0 Å². The Morgan fingerprint density at radius 3 is 2.65 bits per heavy atom. The van der Waals surface area contributed by atoms with Gasteiger partial charge in [0.25, 0.3) is 0 Å². The van der Waals surface area contributed by atoms with Crippen molar-refractivity contribution in [3.63, 3.8) is 0 Å². The molecule has 110 valence electrons. The highest BCUT2D eigenvalue weighted by Crippen LogP contribution is 2.53. The molecule has 20 heavy (non-hydrogen) atoms. The molecule has 2 atom stereocenters. The fourth-order valence-corrected chi connectivity index (χ4v) is 2.55. The molecular formula is C12H12ClF3N2O2. The third-order valence-corrected chi connectivity index (χ3v) is 3.98. The summed E-state index contributed by atoms with van der Waals surface area (Å²) in [6, 6.07) is 1.29. The average Bonchev–Trinajstić information content (AvgIpc) is 3.10. The van der Waals surface area contributed by atoms with Crippen molar-refractivity contribution in [2.75, 3.05) is 13.2 Å². The lowest BCUT2D eigenvalue weighted by atomic mass is 9.86. The second-order valence-electron chi connectivity index (χ2n) is 5.30. The first-order valence-corrected chi connectivity index (χ1v) is 6.39. The zero-order valence-corrected chi connectivity index (χ0v) is 11.3. The van der Waals surface area contributed by atoms with Crippen LogP contribution in [0.1, 0.15) is 24.6 Å². The largest absolute Gasteiger partial charge is 0.490 e. The minimum Gasteiger partial charge on any atom is -0.490 e. The zero-order valence-electron chi connectivity index (χ0n) is 10.6. The van der Waals surface area contributed by atoms with E-state index >= 15 is 0 Å². The van der Waals surface area contributed by atoms with E-state index in [9.17, 15) is 13.2 Å². The lowest BCUT2D eigenvalue weighted by Gasteiger charge is -2.33. The quantitative estimate of drug-likeness (QED) is 0.639. The highest BCUT2D eigenvalue weighted by Gasteiger charge is 2.68. The van der Waals surface area contributed by atoms with Crippen LogP contribution < -0.4 is 10.5 Å². The third-order valence-electron chi connectivity index (χ3n) is 3.72. The SMILES string of the molecule is C[C@]1(N)CCOc2c1cc(C1(C(F)(F)F)CO1)nc2Cl.